The van der Waals surface area contributed by atoms with Crippen molar-refractivity contribution in [2.24, 2.45) is 13.0 Å². The highest BCUT2D eigenvalue weighted by Gasteiger charge is 2.23. The van der Waals surface area contributed by atoms with Crippen molar-refractivity contribution in [1.82, 2.24) is 14.7 Å². The Labute approximate surface area is 113 Å². The molecule has 0 amide bonds. The minimum absolute atomic E-state index is 0.311. The Kier molecular flexibility index (Phi) is 3.53. The largest absolute Gasteiger partial charge is 0.396 e. The molecule has 1 aromatic carbocycles. The van der Waals surface area contributed by atoms with Gasteiger partial charge in [-0.25, -0.2) is 0 Å². The van der Waals surface area contributed by atoms with E-state index in [1.54, 1.807) is 0 Å². The number of aromatic nitrogens is 2. The van der Waals surface area contributed by atoms with Crippen LogP contribution in [0.1, 0.15) is 18.5 Å². The predicted molar refractivity (Wildman–Crippen MR) is 75.8 cm³/mol. The first-order valence-corrected chi connectivity index (χ1v) is 7.01. The highest BCUT2D eigenvalue weighted by Crippen LogP contribution is 2.24. The molecule has 102 valence electrons. The number of aliphatic hydroxyl groups excluding tert-OH is 1. The molecular weight excluding hydrogens is 238 g/mol. The molecule has 1 saturated heterocycles. The van der Waals surface area contributed by atoms with Gasteiger partial charge >= 0.3 is 0 Å². The van der Waals surface area contributed by atoms with E-state index in [2.05, 4.69) is 34.3 Å². The third kappa shape index (κ3) is 2.51. The number of benzene rings is 1. The van der Waals surface area contributed by atoms with Crippen molar-refractivity contribution in [3.05, 3.63) is 30.0 Å². The summed E-state index contributed by atoms with van der Waals surface area (Å²) in [6.07, 6.45) is 2.13. The minimum atomic E-state index is 0.311. The van der Waals surface area contributed by atoms with Crippen LogP contribution in [-0.4, -0.2) is 39.5 Å². The first kappa shape index (κ1) is 12.6. The van der Waals surface area contributed by atoms with Gasteiger partial charge in [0.25, 0.3) is 0 Å². The molecule has 1 atom stereocenters. The van der Waals surface area contributed by atoms with E-state index in [9.17, 15) is 0 Å². The van der Waals surface area contributed by atoms with Crippen molar-refractivity contribution in [2.45, 2.75) is 19.4 Å². The van der Waals surface area contributed by atoms with Crippen LogP contribution in [0.3, 0.4) is 0 Å². The Hall–Kier alpha value is -1.39. The van der Waals surface area contributed by atoms with Crippen molar-refractivity contribution in [2.75, 3.05) is 19.7 Å². The van der Waals surface area contributed by atoms with Crippen LogP contribution in [0.4, 0.5) is 0 Å². The summed E-state index contributed by atoms with van der Waals surface area (Å²) in [7, 11) is 2.00. The third-order valence-electron chi connectivity index (χ3n) is 4.11. The van der Waals surface area contributed by atoms with E-state index < -0.39 is 0 Å². The molecule has 1 N–H and O–H groups in total. The average Bonchev–Trinajstić information content (AvgIpc) is 2.97. The lowest BCUT2D eigenvalue weighted by Gasteiger charge is -2.14. The molecule has 4 nitrogen and oxygen atoms in total. The van der Waals surface area contributed by atoms with Crippen LogP contribution >= 0.6 is 0 Å². The van der Waals surface area contributed by atoms with E-state index in [0.717, 1.165) is 26.1 Å². The second-order valence-electron chi connectivity index (χ2n) is 5.49. The molecule has 2 aromatic rings. The third-order valence-corrected chi connectivity index (χ3v) is 4.11. The molecule has 2 heterocycles. The minimum Gasteiger partial charge on any atom is -0.396 e. The molecule has 4 heteroatoms. The van der Waals surface area contributed by atoms with Crippen molar-refractivity contribution in [3.8, 4) is 0 Å². The number of rotatable bonds is 4. The van der Waals surface area contributed by atoms with E-state index in [1.807, 2.05) is 11.7 Å². The van der Waals surface area contributed by atoms with Gasteiger partial charge in [0.2, 0.25) is 0 Å². The molecule has 1 fully saturated rings. The molecule has 1 unspecified atom stereocenters. The zero-order valence-corrected chi connectivity index (χ0v) is 11.4. The van der Waals surface area contributed by atoms with Crippen LogP contribution < -0.4 is 0 Å². The molecule has 0 radical (unpaired) electrons. The number of hydrogen-bond donors (Lipinski definition) is 1. The topological polar surface area (TPSA) is 41.3 Å². The van der Waals surface area contributed by atoms with Gasteiger partial charge in [-0.3, -0.25) is 9.58 Å². The van der Waals surface area contributed by atoms with Crippen LogP contribution in [0, 0.1) is 5.92 Å². The lowest BCUT2D eigenvalue weighted by molar-refractivity contribution is 0.249. The summed E-state index contributed by atoms with van der Waals surface area (Å²) in [5.41, 5.74) is 2.37. The van der Waals surface area contributed by atoms with E-state index >= 15 is 0 Å². The Balaban J connectivity index is 1.76. The van der Waals surface area contributed by atoms with Gasteiger partial charge in [0, 0.05) is 32.1 Å². The molecule has 1 aliphatic heterocycles. The number of fused-ring (bicyclic) bond motifs is 1. The summed E-state index contributed by atoms with van der Waals surface area (Å²) in [5.74, 6) is 0.653. The molecule has 1 aliphatic rings. The lowest BCUT2D eigenvalue weighted by Crippen LogP contribution is -2.20. The van der Waals surface area contributed by atoms with Crippen molar-refractivity contribution < 1.29 is 5.11 Å². The molecule has 0 spiro atoms. The lowest BCUT2D eigenvalue weighted by atomic mass is 10.1. The number of hydrogen-bond acceptors (Lipinski definition) is 3. The monoisotopic (exact) mass is 259 g/mol. The summed E-state index contributed by atoms with van der Waals surface area (Å²) in [4.78, 5) is 2.45. The van der Waals surface area contributed by atoms with Gasteiger partial charge in [-0.2, -0.15) is 5.10 Å². The van der Waals surface area contributed by atoms with Gasteiger partial charge in [-0.05, 0) is 31.4 Å². The van der Waals surface area contributed by atoms with Crippen molar-refractivity contribution in [3.63, 3.8) is 0 Å². The van der Waals surface area contributed by atoms with Gasteiger partial charge in [0.05, 0.1) is 11.2 Å². The fourth-order valence-electron chi connectivity index (χ4n) is 3.09. The number of aryl methyl sites for hydroxylation is 1. The highest BCUT2D eigenvalue weighted by atomic mass is 16.3. The summed E-state index contributed by atoms with van der Waals surface area (Å²) < 4.78 is 1.96. The molecule has 0 bridgehead atoms. The molecule has 1 aromatic heterocycles. The SMILES string of the molecule is Cn1nc(CN2CCC(CCO)C2)c2ccccc21. The van der Waals surface area contributed by atoms with Gasteiger partial charge < -0.3 is 5.11 Å². The number of nitrogens with zero attached hydrogens (tertiary/aromatic N) is 3. The Morgan fingerprint density at radius 1 is 1.37 bits per heavy atom. The van der Waals surface area contributed by atoms with Crippen molar-refractivity contribution in [1.29, 1.82) is 0 Å². The fourth-order valence-corrected chi connectivity index (χ4v) is 3.09. The van der Waals surface area contributed by atoms with Crippen molar-refractivity contribution >= 4 is 10.9 Å². The second kappa shape index (κ2) is 5.31. The van der Waals surface area contributed by atoms with E-state index in [4.69, 9.17) is 5.11 Å². The molecule has 0 saturated carbocycles. The van der Waals surface area contributed by atoms with Crippen LogP contribution in [0.5, 0.6) is 0 Å². The fraction of sp³-hybridized carbons (Fsp3) is 0.533. The van der Waals surface area contributed by atoms with Crippen LogP contribution in [-0.2, 0) is 13.6 Å². The molecule has 19 heavy (non-hydrogen) atoms. The summed E-state index contributed by atoms with van der Waals surface area (Å²) in [6.45, 7) is 3.44. The first-order chi connectivity index (χ1) is 9.28. The summed E-state index contributed by atoms with van der Waals surface area (Å²) >= 11 is 0. The van der Waals surface area contributed by atoms with Gasteiger partial charge in [0.15, 0.2) is 0 Å². The van der Waals surface area contributed by atoms with Crippen LogP contribution in [0.2, 0.25) is 0 Å². The normalized spacial score (nSPS) is 20.4. The van der Waals surface area contributed by atoms with Crippen LogP contribution in [0.15, 0.2) is 24.3 Å². The Morgan fingerprint density at radius 2 is 2.21 bits per heavy atom. The van der Waals surface area contributed by atoms with E-state index in [-0.39, 0.29) is 0 Å². The smallest absolute Gasteiger partial charge is 0.0843 e. The predicted octanol–water partition coefficient (Wildman–Crippen LogP) is 1.78. The Morgan fingerprint density at radius 3 is 3.05 bits per heavy atom. The van der Waals surface area contributed by atoms with Gasteiger partial charge in [0.1, 0.15) is 0 Å². The zero-order valence-electron chi connectivity index (χ0n) is 11.4. The van der Waals surface area contributed by atoms with E-state index in [1.165, 1.54) is 23.0 Å². The number of likely N-dealkylation sites (tertiary alicyclic amines) is 1. The second-order valence-corrected chi connectivity index (χ2v) is 5.49. The maximum Gasteiger partial charge on any atom is 0.0843 e. The maximum absolute atomic E-state index is 9.01. The van der Waals surface area contributed by atoms with Crippen LogP contribution in [0.25, 0.3) is 10.9 Å². The van der Waals surface area contributed by atoms with Gasteiger partial charge in [-0.15, -0.1) is 0 Å². The summed E-state index contributed by atoms with van der Waals surface area (Å²) in [5, 5.41) is 14.9. The molecule has 3 rings (SSSR count). The summed E-state index contributed by atoms with van der Waals surface area (Å²) in [6, 6.07) is 8.40. The quantitative estimate of drug-likeness (QED) is 0.910. The maximum atomic E-state index is 9.01. The first-order valence-electron chi connectivity index (χ1n) is 7.01. The average molecular weight is 259 g/mol. The highest BCUT2D eigenvalue weighted by molar-refractivity contribution is 5.81. The number of aliphatic hydroxyl groups is 1. The van der Waals surface area contributed by atoms with Gasteiger partial charge in [-0.1, -0.05) is 18.2 Å². The zero-order chi connectivity index (χ0) is 13.2. The number of para-hydroxylation sites is 1. The van der Waals surface area contributed by atoms with E-state index in [0.29, 0.717) is 12.5 Å². The standard InChI is InChI=1S/C15H21N3O/c1-17-15-5-3-2-4-13(15)14(16-17)11-18-8-6-12(10-18)7-9-19/h2-5,12,19H,6-11H2,1H3. The molecular formula is C15H21N3O. The molecule has 0 aliphatic carbocycles. The Bertz CT molecular complexity index is 564.